The minimum Gasteiger partial charge on any atom is -0.258 e. The fourth-order valence-electron chi connectivity index (χ4n) is 2.45. The Morgan fingerprint density at radius 1 is 1.05 bits per heavy atom. The summed E-state index contributed by atoms with van der Waals surface area (Å²) < 4.78 is 0. The molecule has 8 nitrogen and oxygen atoms in total. The van der Waals surface area contributed by atoms with Crippen LogP contribution in [0.1, 0.15) is 11.1 Å². The van der Waals surface area contributed by atoms with Crippen molar-refractivity contribution in [3.63, 3.8) is 0 Å². The Morgan fingerprint density at radius 2 is 1.82 bits per heavy atom. The second-order valence-corrected chi connectivity index (χ2v) is 4.98. The monoisotopic (exact) mass is 298 g/mol. The van der Waals surface area contributed by atoms with Gasteiger partial charge >= 0.3 is 0 Å². The van der Waals surface area contributed by atoms with Gasteiger partial charge in [-0.15, -0.1) is 0 Å². The highest BCUT2D eigenvalue weighted by molar-refractivity contribution is 6.22. The molecule has 0 N–H and O–H groups in total. The molecule has 0 bridgehead atoms. The molecule has 1 atom stereocenters. The summed E-state index contributed by atoms with van der Waals surface area (Å²) in [6.45, 7) is 1.74. The number of nitro groups is 2. The number of fused-ring (bicyclic) bond motifs is 1. The van der Waals surface area contributed by atoms with Crippen LogP contribution >= 0.6 is 0 Å². The third-order valence-corrected chi connectivity index (χ3v) is 3.43. The van der Waals surface area contributed by atoms with E-state index in [-0.39, 0.29) is 11.4 Å². The molecule has 0 saturated carbocycles. The van der Waals surface area contributed by atoms with Crippen molar-refractivity contribution in [1.29, 1.82) is 0 Å². The van der Waals surface area contributed by atoms with Crippen LogP contribution in [-0.4, -0.2) is 21.3 Å². The van der Waals surface area contributed by atoms with Crippen LogP contribution in [0.25, 0.3) is 0 Å². The van der Waals surface area contributed by atoms with Crippen LogP contribution in [-0.2, 0) is 0 Å². The van der Waals surface area contributed by atoms with Gasteiger partial charge in [0, 0.05) is 29.8 Å². The fourth-order valence-corrected chi connectivity index (χ4v) is 2.45. The number of aryl methyl sites for hydroxylation is 1. The highest BCUT2D eigenvalue weighted by Crippen LogP contribution is 2.27. The lowest BCUT2D eigenvalue weighted by molar-refractivity contribution is -0.419. The minimum absolute atomic E-state index is 0.0410. The number of hydrogen-bond donors (Lipinski definition) is 0. The van der Waals surface area contributed by atoms with Crippen molar-refractivity contribution in [3.05, 3.63) is 73.5 Å². The number of allylic oxidation sites excluding steroid dienone is 3. The van der Waals surface area contributed by atoms with Crippen LogP contribution in [0.3, 0.4) is 0 Å². The fraction of sp³-hybridized carbons (Fsp3) is 0.143. The smallest absolute Gasteiger partial charge is 0.258 e. The number of benzene rings is 1. The molecule has 0 aromatic heterocycles. The Bertz CT molecular complexity index is 820. The van der Waals surface area contributed by atoms with Crippen molar-refractivity contribution in [1.82, 2.24) is 0 Å². The van der Waals surface area contributed by atoms with E-state index in [4.69, 9.17) is 0 Å². The molecule has 0 amide bonds. The molecular formula is C14H10N4O4. The summed E-state index contributed by atoms with van der Waals surface area (Å²) in [7, 11) is 0. The summed E-state index contributed by atoms with van der Waals surface area (Å²) in [6.07, 6.45) is 4.37. The lowest BCUT2D eigenvalue weighted by Crippen LogP contribution is -2.21. The molecule has 1 aromatic rings. The Labute approximate surface area is 124 Å². The van der Waals surface area contributed by atoms with Gasteiger partial charge in [0.15, 0.2) is 0 Å². The summed E-state index contributed by atoms with van der Waals surface area (Å²) in [4.78, 5) is 20.9. The minimum atomic E-state index is -0.484. The van der Waals surface area contributed by atoms with Gasteiger partial charge in [-0.2, -0.15) is 10.2 Å². The second kappa shape index (κ2) is 4.99. The van der Waals surface area contributed by atoms with Crippen molar-refractivity contribution >= 4 is 17.1 Å². The zero-order valence-electron chi connectivity index (χ0n) is 11.5. The standard InChI is InChI=1S/C14H10N4O4/c1-8-4-9(6-11(5-8)18(21)22)14-12-7-10(17(19)20)2-3-13(12)15-16-14/h2-7,12H,1H3. The van der Waals surface area contributed by atoms with Gasteiger partial charge in [0.2, 0.25) is 0 Å². The van der Waals surface area contributed by atoms with E-state index in [9.17, 15) is 20.2 Å². The molecule has 1 unspecified atom stereocenters. The third-order valence-electron chi connectivity index (χ3n) is 3.43. The summed E-state index contributed by atoms with van der Waals surface area (Å²) >= 11 is 0. The topological polar surface area (TPSA) is 111 Å². The Kier molecular flexibility index (Phi) is 3.13. The van der Waals surface area contributed by atoms with E-state index in [0.29, 0.717) is 22.6 Å². The Morgan fingerprint density at radius 3 is 2.50 bits per heavy atom. The van der Waals surface area contributed by atoms with E-state index in [1.807, 2.05) is 0 Å². The SMILES string of the molecule is Cc1cc(C2=NN=C3C=CC([N+](=O)[O-])=CC32)cc([N+](=O)[O-])c1. The molecule has 0 fully saturated rings. The third kappa shape index (κ3) is 2.30. The van der Waals surface area contributed by atoms with Crippen molar-refractivity contribution in [2.24, 2.45) is 16.1 Å². The van der Waals surface area contributed by atoms with Crippen LogP contribution in [0.5, 0.6) is 0 Å². The lowest BCUT2D eigenvalue weighted by Gasteiger charge is -2.12. The zero-order valence-corrected chi connectivity index (χ0v) is 11.5. The first-order chi connectivity index (χ1) is 10.5. The largest absolute Gasteiger partial charge is 0.270 e. The number of non-ortho nitro benzene ring substituents is 1. The predicted molar refractivity (Wildman–Crippen MR) is 79.5 cm³/mol. The van der Waals surface area contributed by atoms with Crippen molar-refractivity contribution in [2.45, 2.75) is 6.92 Å². The van der Waals surface area contributed by atoms with Gasteiger partial charge in [-0.1, -0.05) is 0 Å². The van der Waals surface area contributed by atoms with Crippen LogP contribution in [0.2, 0.25) is 0 Å². The van der Waals surface area contributed by atoms with E-state index >= 15 is 0 Å². The Balaban J connectivity index is 2.03. The summed E-state index contributed by atoms with van der Waals surface area (Å²) in [5.41, 5.74) is 2.24. The van der Waals surface area contributed by atoms with Gasteiger partial charge in [-0.05, 0) is 24.6 Å². The highest BCUT2D eigenvalue weighted by atomic mass is 16.6. The molecule has 8 heteroatoms. The Hall–Kier alpha value is -3.16. The van der Waals surface area contributed by atoms with Crippen LogP contribution in [0.4, 0.5) is 5.69 Å². The summed E-state index contributed by atoms with van der Waals surface area (Å²) in [5.74, 6) is -0.452. The van der Waals surface area contributed by atoms with Crippen LogP contribution in [0, 0.1) is 33.1 Å². The predicted octanol–water partition coefficient (Wildman–Crippen LogP) is 2.41. The first-order valence-electron chi connectivity index (χ1n) is 6.42. The number of hydrogen-bond acceptors (Lipinski definition) is 6. The maximum Gasteiger partial charge on any atom is 0.270 e. The first-order valence-corrected chi connectivity index (χ1v) is 6.42. The zero-order chi connectivity index (χ0) is 15.9. The van der Waals surface area contributed by atoms with Gasteiger partial charge in [-0.25, -0.2) is 0 Å². The summed E-state index contributed by atoms with van der Waals surface area (Å²) in [6, 6.07) is 4.62. The molecule has 0 radical (unpaired) electrons. The normalized spacial score (nSPS) is 19.1. The van der Waals surface area contributed by atoms with Crippen molar-refractivity contribution < 1.29 is 9.85 Å². The van der Waals surface area contributed by atoms with Crippen LogP contribution < -0.4 is 0 Å². The molecule has 3 rings (SSSR count). The molecule has 2 aliphatic rings. The number of rotatable bonds is 3. The summed E-state index contributed by atoms with van der Waals surface area (Å²) in [5, 5.41) is 29.9. The average Bonchev–Trinajstić information content (AvgIpc) is 2.89. The number of nitrogens with zero attached hydrogens (tertiary/aromatic N) is 4. The average molecular weight is 298 g/mol. The molecule has 0 saturated heterocycles. The van der Waals surface area contributed by atoms with Gasteiger partial charge in [0.1, 0.15) is 0 Å². The van der Waals surface area contributed by atoms with E-state index < -0.39 is 15.8 Å². The van der Waals surface area contributed by atoms with E-state index in [1.165, 1.54) is 24.3 Å². The lowest BCUT2D eigenvalue weighted by atomic mass is 9.88. The van der Waals surface area contributed by atoms with Gasteiger partial charge in [0.05, 0.1) is 27.2 Å². The van der Waals surface area contributed by atoms with Crippen LogP contribution in [0.15, 0.2) is 52.3 Å². The quantitative estimate of drug-likeness (QED) is 0.630. The van der Waals surface area contributed by atoms with Crippen molar-refractivity contribution in [2.75, 3.05) is 0 Å². The van der Waals surface area contributed by atoms with Gasteiger partial charge in [0.25, 0.3) is 11.4 Å². The molecular weight excluding hydrogens is 288 g/mol. The second-order valence-electron chi connectivity index (χ2n) is 4.98. The molecule has 110 valence electrons. The maximum atomic E-state index is 11.0. The molecule has 1 aliphatic carbocycles. The van der Waals surface area contributed by atoms with Crippen molar-refractivity contribution in [3.8, 4) is 0 Å². The first kappa shape index (κ1) is 13.8. The van der Waals surface area contributed by atoms with E-state index in [2.05, 4.69) is 10.2 Å². The molecule has 1 aromatic carbocycles. The van der Waals surface area contributed by atoms with E-state index in [0.717, 1.165) is 0 Å². The molecule has 22 heavy (non-hydrogen) atoms. The highest BCUT2D eigenvalue weighted by Gasteiger charge is 2.31. The van der Waals surface area contributed by atoms with E-state index in [1.54, 1.807) is 19.1 Å². The number of nitro benzene ring substituents is 1. The van der Waals surface area contributed by atoms with Gasteiger partial charge < -0.3 is 0 Å². The van der Waals surface area contributed by atoms with Gasteiger partial charge in [-0.3, -0.25) is 20.2 Å². The molecule has 0 spiro atoms. The molecule has 1 aliphatic heterocycles. The maximum absolute atomic E-state index is 11.0. The molecule has 1 heterocycles.